The lowest BCUT2D eigenvalue weighted by atomic mass is 10.0. The summed E-state index contributed by atoms with van der Waals surface area (Å²) in [5.41, 5.74) is 4.32. The number of rotatable bonds is 11. The van der Waals surface area contributed by atoms with E-state index in [1.54, 1.807) is 6.34 Å². The van der Waals surface area contributed by atoms with Crippen LogP contribution in [0, 0.1) is 5.92 Å². The topological polar surface area (TPSA) is 122 Å². The van der Waals surface area contributed by atoms with Crippen molar-refractivity contribution < 1.29 is 32.9 Å². The number of phenols is 1. The van der Waals surface area contributed by atoms with Crippen LogP contribution in [0.5, 0.6) is 5.75 Å². The van der Waals surface area contributed by atoms with Crippen LogP contribution in [-0.2, 0) is 22.3 Å². The van der Waals surface area contributed by atoms with Crippen LogP contribution in [0.3, 0.4) is 0 Å². The maximum absolute atomic E-state index is 14.5. The van der Waals surface area contributed by atoms with Crippen LogP contribution in [0.2, 0.25) is 0 Å². The van der Waals surface area contributed by atoms with Gasteiger partial charge in [-0.3, -0.25) is 14.8 Å². The molecule has 3 atom stereocenters. The van der Waals surface area contributed by atoms with Crippen LogP contribution < -0.4 is 16.1 Å². The minimum Gasteiger partial charge on any atom is -0.508 e. The smallest absolute Gasteiger partial charge is 0.416 e. The molecule has 3 unspecified atom stereocenters. The number of nitrogens with one attached hydrogen (secondary N) is 3. The molecule has 0 saturated heterocycles. The zero-order chi connectivity index (χ0) is 31.0. The SMILES string of the molecule is CC/C1=C(\N(CCNC)CCC2CCCC2O)C(=O)N(Cc2ccc(C(F)(F)F)cc2O)NC(C2=CCOCC2)/N=C/N1. The molecule has 43 heavy (non-hydrogen) atoms. The Hall–Kier alpha value is -3.13. The molecule has 2 aliphatic heterocycles. The highest BCUT2D eigenvalue weighted by atomic mass is 19.4. The number of alkyl halides is 3. The van der Waals surface area contributed by atoms with Crippen LogP contribution in [0.4, 0.5) is 13.2 Å². The highest BCUT2D eigenvalue weighted by Crippen LogP contribution is 2.34. The van der Waals surface area contributed by atoms with Crippen molar-refractivity contribution in [3.63, 3.8) is 0 Å². The summed E-state index contributed by atoms with van der Waals surface area (Å²) in [5.74, 6) is -0.821. The van der Waals surface area contributed by atoms with Gasteiger partial charge in [0, 0.05) is 30.9 Å². The number of hydrogen-bond acceptors (Lipinski definition) is 9. The normalized spacial score (nSPS) is 25.9. The molecular formula is C30H43F3N6O4. The number of allylic oxidation sites excluding steroid dienone is 1. The summed E-state index contributed by atoms with van der Waals surface area (Å²) in [6, 6.07) is 2.76. The number of aliphatic hydroxyl groups excluding tert-OH is 1. The number of carbonyl (C=O) groups excluding carboxylic acids is 1. The molecule has 1 fully saturated rings. The maximum atomic E-state index is 14.5. The second-order valence-electron chi connectivity index (χ2n) is 11.1. The number of ether oxygens (including phenoxy) is 1. The summed E-state index contributed by atoms with van der Waals surface area (Å²) >= 11 is 0. The number of hydrazine groups is 1. The highest BCUT2D eigenvalue weighted by molar-refractivity contribution is 5.94. The predicted octanol–water partition coefficient (Wildman–Crippen LogP) is 3.24. The molecule has 4 rings (SSSR count). The molecular weight excluding hydrogens is 565 g/mol. The van der Waals surface area contributed by atoms with Gasteiger partial charge in [-0.25, -0.2) is 5.43 Å². The van der Waals surface area contributed by atoms with Crippen molar-refractivity contribution in [2.24, 2.45) is 10.9 Å². The summed E-state index contributed by atoms with van der Waals surface area (Å²) in [4.78, 5) is 21.2. The first kappa shape index (κ1) is 32.8. The number of phenolic OH excluding ortho intramolecular Hbond substituents is 1. The van der Waals surface area contributed by atoms with Crippen molar-refractivity contribution in [1.29, 1.82) is 0 Å². The zero-order valence-corrected chi connectivity index (χ0v) is 24.8. The molecule has 0 radical (unpaired) electrons. The van der Waals surface area contributed by atoms with Gasteiger partial charge in [-0.1, -0.05) is 25.5 Å². The van der Waals surface area contributed by atoms with E-state index < -0.39 is 29.6 Å². The summed E-state index contributed by atoms with van der Waals surface area (Å²) in [6.07, 6.45) is 2.29. The largest absolute Gasteiger partial charge is 0.508 e. The Balaban J connectivity index is 1.71. The van der Waals surface area contributed by atoms with Gasteiger partial charge in [0.25, 0.3) is 5.91 Å². The maximum Gasteiger partial charge on any atom is 0.416 e. The summed E-state index contributed by atoms with van der Waals surface area (Å²) < 4.78 is 45.3. The van der Waals surface area contributed by atoms with Gasteiger partial charge in [-0.05, 0) is 62.8 Å². The van der Waals surface area contributed by atoms with E-state index in [2.05, 4.69) is 21.1 Å². The molecule has 0 aromatic heterocycles. The first-order valence-corrected chi connectivity index (χ1v) is 14.9. The molecule has 1 aromatic carbocycles. The lowest BCUT2D eigenvalue weighted by Crippen LogP contribution is -2.51. The van der Waals surface area contributed by atoms with Gasteiger partial charge in [0.05, 0.1) is 37.8 Å². The summed E-state index contributed by atoms with van der Waals surface area (Å²) in [6.45, 7) is 4.24. The Morgan fingerprint density at radius 1 is 1.26 bits per heavy atom. The fourth-order valence-electron chi connectivity index (χ4n) is 5.74. The number of likely N-dealkylation sites (N-methyl/N-ethyl adjacent to an activating group) is 1. The molecule has 0 spiro atoms. The standard InChI is InChI=1S/C30H43F3N6O4/c1-3-24-27(38(14-12-34-2)13-9-20-5-4-6-25(20)40)29(42)39(18-22-7-8-23(17-26(22)41)30(31,32)33)37-28(36-19-35-24)21-10-15-43-16-11-21/h7-8,10,17,19-20,25,28,34,37,40-41H,3-6,9,11-16,18H2,1-2H3,(H,35,36)/b27-24+. The van der Waals surface area contributed by atoms with Crippen LogP contribution in [0.1, 0.15) is 56.6 Å². The van der Waals surface area contributed by atoms with Crippen molar-refractivity contribution in [3.8, 4) is 5.75 Å². The van der Waals surface area contributed by atoms with Gasteiger partial charge in [0.1, 0.15) is 17.6 Å². The molecule has 1 aromatic rings. The molecule has 2 heterocycles. The van der Waals surface area contributed by atoms with Gasteiger partial charge >= 0.3 is 6.18 Å². The Labute approximate surface area is 250 Å². The molecule has 1 aliphatic carbocycles. The van der Waals surface area contributed by atoms with Gasteiger partial charge in [-0.15, -0.1) is 0 Å². The number of hydrogen-bond donors (Lipinski definition) is 5. The van der Waals surface area contributed by atoms with E-state index in [1.165, 1.54) is 11.1 Å². The van der Waals surface area contributed by atoms with Crippen LogP contribution in [0.25, 0.3) is 0 Å². The zero-order valence-electron chi connectivity index (χ0n) is 24.8. The van der Waals surface area contributed by atoms with E-state index >= 15 is 0 Å². The number of aliphatic imine (C=N–C) groups is 1. The second kappa shape index (κ2) is 15.0. The van der Waals surface area contributed by atoms with Crippen LogP contribution >= 0.6 is 0 Å². The van der Waals surface area contributed by atoms with Gasteiger partial charge in [0.15, 0.2) is 0 Å². The minimum absolute atomic E-state index is 0.145. The Bertz CT molecular complexity index is 1200. The van der Waals surface area contributed by atoms with Gasteiger partial charge < -0.3 is 30.5 Å². The van der Waals surface area contributed by atoms with E-state index in [0.717, 1.165) is 30.9 Å². The molecule has 1 amide bonds. The third-order valence-corrected chi connectivity index (χ3v) is 8.26. The number of carbonyl (C=O) groups is 1. The Kier molecular flexibility index (Phi) is 11.5. The number of aliphatic hydroxyl groups is 1. The third-order valence-electron chi connectivity index (χ3n) is 8.26. The number of amides is 1. The second-order valence-corrected chi connectivity index (χ2v) is 11.1. The fourth-order valence-corrected chi connectivity index (χ4v) is 5.74. The minimum atomic E-state index is -4.61. The van der Waals surface area contributed by atoms with Crippen molar-refractivity contribution in [3.05, 3.63) is 52.4 Å². The molecule has 0 bridgehead atoms. The van der Waals surface area contributed by atoms with E-state index in [9.17, 15) is 28.2 Å². The molecule has 238 valence electrons. The van der Waals surface area contributed by atoms with Gasteiger partial charge in [0.2, 0.25) is 0 Å². The molecule has 5 N–H and O–H groups in total. The number of halogens is 3. The number of nitrogens with zero attached hydrogens (tertiary/aromatic N) is 3. The molecule has 13 heteroatoms. The fraction of sp³-hybridized carbons (Fsp3) is 0.600. The summed E-state index contributed by atoms with van der Waals surface area (Å²) in [7, 11) is 1.83. The monoisotopic (exact) mass is 608 g/mol. The predicted molar refractivity (Wildman–Crippen MR) is 157 cm³/mol. The van der Waals surface area contributed by atoms with Crippen molar-refractivity contribution in [2.75, 3.05) is 39.9 Å². The average Bonchev–Trinajstić information content (AvgIpc) is 3.42. The lowest BCUT2D eigenvalue weighted by molar-refractivity contribution is -0.138. The molecule has 1 saturated carbocycles. The van der Waals surface area contributed by atoms with E-state index in [1.807, 2.05) is 24.9 Å². The first-order chi connectivity index (χ1) is 20.6. The first-order valence-electron chi connectivity index (χ1n) is 14.9. The molecule has 10 nitrogen and oxygen atoms in total. The highest BCUT2D eigenvalue weighted by Gasteiger charge is 2.34. The summed E-state index contributed by atoms with van der Waals surface area (Å²) in [5, 5.41) is 28.7. The third kappa shape index (κ3) is 8.49. The number of aromatic hydroxyl groups is 1. The van der Waals surface area contributed by atoms with Crippen LogP contribution in [-0.4, -0.2) is 84.5 Å². The van der Waals surface area contributed by atoms with Crippen molar-refractivity contribution >= 4 is 12.2 Å². The average molecular weight is 609 g/mol. The lowest BCUT2D eigenvalue weighted by Gasteiger charge is -2.34. The Morgan fingerprint density at radius 3 is 2.70 bits per heavy atom. The van der Waals surface area contributed by atoms with Crippen LogP contribution in [0.15, 0.2) is 46.2 Å². The van der Waals surface area contributed by atoms with Gasteiger partial charge in [-0.2, -0.15) is 13.2 Å². The quantitative estimate of drug-likeness (QED) is 0.243. The number of benzene rings is 1. The van der Waals surface area contributed by atoms with Crippen molar-refractivity contribution in [1.82, 2.24) is 26.0 Å². The van der Waals surface area contributed by atoms with Crippen molar-refractivity contribution in [2.45, 2.75) is 70.4 Å². The van der Waals surface area contributed by atoms with E-state index in [4.69, 9.17) is 4.74 Å². The Morgan fingerprint density at radius 2 is 2.07 bits per heavy atom. The molecule has 3 aliphatic rings. The van der Waals surface area contributed by atoms with E-state index in [-0.39, 0.29) is 24.1 Å². The van der Waals surface area contributed by atoms with E-state index in [0.29, 0.717) is 69.6 Å².